The number of aromatic nitrogens is 1. The summed E-state index contributed by atoms with van der Waals surface area (Å²) < 4.78 is 0.191. The molecule has 1 aliphatic heterocycles. The smallest absolute Gasteiger partial charge is 0.331 e. The highest BCUT2D eigenvalue weighted by atomic mass is 35.5. The summed E-state index contributed by atoms with van der Waals surface area (Å²) >= 11 is 12.6. The van der Waals surface area contributed by atoms with Crippen molar-refractivity contribution in [2.24, 2.45) is 0 Å². The molecule has 1 N–H and O–H groups in total. The monoisotopic (exact) mass is 440 g/mol. The van der Waals surface area contributed by atoms with Crippen molar-refractivity contribution in [3.05, 3.63) is 81.8 Å². The summed E-state index contributed by atoms with van der Waals surface area (Å²) in [5, 5.41) is 11.1. The Bertz CT molecular complexity index is 1180. The number of thioether (sulfide) groups is 1. The van der Waals surface area contributed by atoms with E-state index in [1.54, 1.807) is 48.5 Å². The average Bonchev–Trinajstić information content (AvgIpc) is 2.97. The Morgan fingerprint density at radius 2 is 1.90 bits per heavy atom. The third-order valence-corrected chi connectivity index (χ3v) is 6.04. The molecular weight excluding hydrogens is 428 g/mol. The number of aliphatic carboxylic acids is 1. The number of carbonyl (C=O) groups excluding carboxylic acids is 1. The minimum Gasteiger partial charge on any atom is -0.479 e. The number of rotatable bonds is 4. The van der Waals surface area contributed by atoms with Gasteiger partial charge in [0.1, 0.15) is 4.32 Å². The van der Waals surface area contributed by atoms with Gasteiger partial charge in [0.05, 0.1) is 21.1 Å². The molecular formula is C21H13ClN2O3S2. The van der Waals surface area contributed by atoms with Crippen LogP contribution in [0, 0.1) is 0 Å². The van der Waals surface area contributed by atoms with Crippen LogP contribution in [0.3, 0.4) is 0 Å². The Kier molecular flexibility index (Phi) is 5.36. The molecule has 29 heavy (non-hydrogen) atoms. The van der Waals surface area contributed by atoms with Gasteiger partial charge in [-0.15, -0.1) is 0 Å². The van der Waals surface area contributed by atoms with Gasteiger partial charge >= 0.3 is 5.97 Å². The first-order valence-electron chi connectivity index (χ1n) is 8.56. The average molecular weight is 441 g/mol. The Hall–Kier alpha value is -2.74. The van der Waals surface area contributed by atoms with Gasteiger partial charge in [-0.2, -0.15) is 0 Å². The molecule has 2 heterocycles. The van der Waals surface area contributed by atoms with Crippen LogP contribution in [-0.4, -0.2) is 31.2 Å². The zero-order valence-electron chi connectivity index (χ0n) is 14.8. The van der Waals surface area contributed by atoms with Crippen LogP contribution in [-0.2, 0) is 9.59 Å². The lowest BCUT2D eigenvalue weighted by Gasteiger charge is -2.23. The van der Waals surface area contributed by atoms with E-state index >= 15 is 0 Å². The molecule has 0 spiro atoms. The molecule has 1 saturated heterocycles. The van der Waals surface area contributed by atoms with Crippen molar-refractivity contribution in [1.29, 1.82) is 0 Å². The summed E-state index contributed by atoms with van der Waals surface area (Å²) in [4.78, 5) is 30.9. The third kappa shape index (κ3) is 3.76. The normalized spacial score (nSPS) is 16.6. The molecule has 1 unspecified atom stereocenters. The van der Waals surface area contributed by atoms with Gasteiger partial charge in [0.25, 0.3) is 5.91 Å². The second kappa shape index (κ2) is 7.94. The highest BCUT2D eigenvalue weighted by Gasteiger charge is 2.41. The maximum Gasteiger partial charge on any atom is 0.331 e. The summed E-state index contributed by atoms with van der Waals surface area (Å²) in [6.45, 7) is 0. The van der Waals surface area contributed by atoms with Crippen LogP contribution in [0.1, 0.15) is 17.3 Å². The fourth-order valence-corrected chi connectivity index (χ4v) is 4.60. The highest BCUT2D eigenvalue weighted by molar-refractivity contribution is 8.26. The highest BCUT2D eigenvalue weighted by Crippen LogP contribution is 2.38. The molecule has 5 nitrogen and oxygen atoms in total. The minimum atomic E-state index is -1.19. The summed E-state index contributed by atoms with van der Waals surface area (Å²) in [6, 6.07) is 16.5. The van der Waals surface area contributed by atoms with E-state index in [1.165, 1.54) is 0 Å². The first-order chi connectivity index (χ1) is 14.0. The fraction of sp³-hybridized carbons (Fsp3) is 0.0476. The molecule has 0 radical (unpaired) electrons. The van der Waals surface area contributed by atoms with Gasteiger partial charge in [0.15, 0.2) is 6.04 Å². The van der Waals surface area contributed by atoms with Gasteiger partial charge in [-0.25, -0.2) is 9.78 Å². The molecule has 3 aromatic rings. The van der Waals surface area contributed by atoms with E-state index in [9.17, 15) is 14.7 Å². The van der Waals surface area contributed by atoms with Crippen molar-refractivity contribution >= 4 is 68.8 Å². The lowest BCUT2D eigenvalue weighted by molar-refractivity contribution is -0.145. The zero-order valence-corrected chi connectivity index (χ0v) is 17.2. The largest absolute Gasteiger partial charge is 0.479 e. The molecule has 2 aromatic carbocycles. The van der Waals surface area contributed by atoms with Crippen LogP contribution in [0.25, 0.3) is 17.0 Å². The zero-order chi connectivity index (χ0) is 20.5. The van der Waals surface area contributed by atoms with Gasteiger partial charge in [-0.3, -0.25) is 9.69 Å². The van der Waals surface area contributed by atoms with Crippen molar-refractivity contribution in [1.82, 2.24) is 9.88 Å². The van der Waals surface area contributed by atoms with Gasteiger partial charge in [-0.05, 0) is 23.8 Å². The number of para-hydroxylation sites is 1. The Morgan fingerprint density at radius 3 is 2.62 bits per heavy atom. The fourth-order valence-electron chi connectivity index (χ4n) is 3.08. The molecule has 1 aliphatic rings. The quantitative estimate of drug-likeness (QED) is 0.459. The molecule has 4 rings (SSSR count). The number of pyridine rings is 1. The predicted molar refractivity (Wildman–Crippen MR) is 119 cm³/mol. The van der Waals surface area contributed by atoms with Crippen molar-refractivity contribution in [2.45, 2.75) is 6.04 Å². The lowest BCUT2D eigenvalue weighted by Crippen LogP contribution is -2.37. The van der Waals surface area contributed by atoms with Crippen molar-refractivity contribution in [3.63, 3.8) is 0 Å². The van der Waals surface area contributed by atoms with E-state index in [4.69, 9.17) is 23.8 Å². The van der Waals surface area contributed by atoms with Crippen LogP contribution in [0.5, 0.6) is 0 Å². The number of thiocarbonyl (C=S) groups is 1. The third-order valence-electron chi connectivity index (χ3n) is 4.40. The van der Waals surface area contributed by atoms with Crippen LogP contribution >= 0.6 is 35.6 Å². The number of carboxylic acid groups (broad SMARTS) is 1. The van der Waals surface area contributed by atoms with E-state index in [0.717, 1.165) is 22.0 Å². The van der Waals surface area contributed by atoms with E-state index in [-0.39, 0.29) is 4.32 Å². The number of hydrogen-bond acceptors (Lipinski definition) is 5. The van der Waals surface area contributed by atoms with Crippen LogP contribution < -0.4 is 0 Å². The molecule has 0 saturated carbocycles. The number of nitrogens with zero attached hydrogens (tertiary/aromatic N) is 2. The molecule has 1 atom stereocenters. The molecule has 144 valence electrons. The van der Waals surface area contributed by atoms with Crippen LogP contribution in [0.2, 0.25) is 5.02 Å². The van der Waals surface area contributed by atoms with E-state index < -0.39 is 17.9 Å². The summed E-state index contributed by atoms with van der Waals surface area (Å²) in [5.74, 6) is -1.61. The summed E-state index contributed by atoms with van der Waals surface area (Å²) in [6.07, 6.45) is 1.60. The molecule has 0 bridgehead atoms. The maximum atomic E-state index is 13.0. The van der Waals surface area contributed by atoms with Gasteiger partial charge < -0.3 is 5.11 Å². The number of carboxylic acids is 1. The molecule has 1 aromatic heterocycles. The van der Waals surface area contributed by atoms with Crippen LogP contribution in [0.15, 0.2) is 65.6 Å². The van der Waals surface area contributed by atoms with E-state index in [1.807, 2.05) is 18.2 Å². The van der Waals surface area contributed by atoms with Crippen molar-refractivity contribution in [3.8, 4) is 0 Å². The number of amides is 1. The second-order valence-corrected chi connectivity index (χ2v) is 8.33. The topological polar surface area (TPSA) is 70.5 Å². The van der Waals surface area contributed by atoms with E-state index in [0.29, 0.717) is 26.7 Å². The van der Waals surface area contributed by atoms with Crippen molar-refractivity contribution in [2.75, 3.05) is 0 Å². The van der Waals surface area contributed by atoms with Crippen LogP contribution in [0.4, 0.5) is 0 Å². The molecule has 0 aliphatic carbocycles. The number of fused-ring (bicyclic) bond motifs is 1. The van der Waals surface area contributed by atoms with Crippen molar-refractivity contribution < 1.29 is 14.7 Å². The van der Waals surface area contributed by atoms with Gasteiger partial charge in [0, 0.05) is 5.39 Å². The maximum absolute atomic E-state index is 13.0. The minimum absolute atomic E-state index is 0.191. The Balaban J connectivity index is 1.71. The number of hydrogen-bond donors (Lipinski definition) is 1. The van der Waals surface area contributed by atoms with Gasteiger partial charge in [0.2, 0.25) is 0 Å². The first-order valence-corrected chi connectivity index (χ1v) is 10.2. The Labute approximate surface area is 181 Å². The first kappa shape index (κ1) is 19.6. The molecule has 8 heteroatoms. The standard InChI is InChI=1S/C21H13ClN2O3S2/c22-15-8-4-7-12-9-10-14(23-17(12)15)11-16-19(25)24(21(28)29-16)18(20(26)27)13-5-2-1-3-6-13/h1-11,18H,(H,26,27)/b16-11+. The number of benzene rings is 2. The summed E-state index contributed by atoms with van der Waals surface area (Å²) in [5.41, 5.74) is 1.65. The predicted octanol–water partition coefficient (Wildman–Crippen LogP) is 4.92. The number of halogens is 1. The van der Waals surface area contributed by atoms with E-state index in [2.05, 4.69) is 4.98 Å². The SMILES string of the molecule is O=C(O)C(c1ccccc1)N1C(=O)/C(=C\c2ccc3cccc(Cl)c3n2)SC1=S. The lowest BCUT2D eigenvalue weighted by atomic mass is 10.1. The number of carbonyl (C=O) groups is 2. The van der Waals surface area contributed by atoms with Gasteiger partial charge in [-0.1, -0.05) is 84.1 Å². The molecule has 1 amide bonds. The second-order valence-electron chi connectivity index (χ2n) is 6.25. The summed E-state index contributed by atoms with van der Waals surface area (Å²) in [7, 11) is 0. The molecule has 1 fully saturated rings. The Morgan fingerprint density at radius 1 is 1.14 bits per heavy atom.